The lowest BCUT2D eigenvalue weighted by Crippen LogP contribution is -2.48. The summed E-state index contributed by atoms with van der Waals surface area (Å²) in [5, 5.41) is 0. The van der Waals surface area contributed by atoms with Crippen LogP contribution in [0.3, 0.4) is 0 Å². The van der Waals surface area contributed by atoms with E-state index in [2.05, 4.69) is 7.05 Å². The molecular weight excluding hydrogens is 112 g/mol. The predicted octanol–water partition coefficient (Wildman–Crippen LogP) is 0.346. The quantitative estimate of drug-likeness (QED) is 0.369. The molecule has 1 saturated heterocycles. The van der Waals surface area contributed by atoms with Crippen molar-refractivity contribution in [1.29, 1.82) is 0 Å². The number of nitrogens with two attached hydrogens (primary N) is 1. The molecular formula is C7H15N2+. The van der Waals surface area contributed by atoms with Crippen LogP contribution in [0.15, 0.2) is 0 Å². The Morgan fingerprint density at radius 1 is 1.22 bits per heavy atom. The zero-order valence-corrected chi connectivity index (χ0v) is 6.01. The van der Waals surface area contributed by atoms with Crippen molar-refractivity contribution < 1.29 is 4.59 Å². The topological polar surface area (TPSA) is 26.0 Å². The first-order valence-corrected chi connectivity index (χ1v) is 3.80. The molecule has 9 heavy (non-hydrogen) atoms. The molecule has 1 saturated carbocycles. The summed E-state index contributed by atoms with van der Waals surface area (Å²) >= 11 is 0. The molecule has 1 heterocycles. The maximum Gasteiger partial charge on any atom is 0.0991 e. The maximum absolute atomic E-state index is 5.94. The zero-order valence-electron chi connectivity index (χ0n) is 6.01. The van der Waals surface area contributed by atoms with Gasteiger partial charge in [0.1, 0.15) is 0 Å². The van der Waals surface area contributed by atoms with Gasteiger partial charge in [-0.3, -0.25) is 4.59 Å². The van der Waals surface area contributed by atoms with E-state index in [-0.39, 0.29) is 0 Å². The second kappa shape index (κ2) is 1.50. The molecule has 2 rings (SSSR count). The fraction of sp³-hybridized carbons (Fsp3) is 1.00. The van der Waals surface area contributed by atoms with Gasteiger partial charge in [-0.15, -0.1) is 0 Å². The van der Waals surface area contributed by atoms with Crippen molar-refractivity contribution in [2.45, 2.75) is 12.8 Å². The van der Waals surface area contributed by atoms with Gasteiger partial charge in [-0.1, -0.05) is 0 Å². The molecule has 0 aromatic carbocycles. The average Bonchev–Trinajstić information content (AvgIpc) is 1.90. The normalized spacial score (nSPS) is 56.7. The van der Waals surface area contributed by atoms with E-state index in [1.165, 1.54) is 25.9 Å². The standard InChI is InChI=1S/C7H15N2/c1-9(8)4-6-2-3-7(6)5-9/h6-7H,2-5,8H2,1H3/q+1. The Hall–Kier alpha value is -0.0800. The molecule has 0 aromatic heterocycles. The fourth-order valence-electron chi connectivity index (χ4n) is 2.26. The number of hydrogen-bond donors (Lipinski definition) is 1. The Labute approximate surface area is 56.2 Å². The summed E-state index contributed by atoms with van der Waals surface area (Å²) in [6.07, 6.45) is 2.88. The highest BCUT2D eigenvalue weighted by molar-refractivity contribution is 4.84. The first kappa shape index (κ1) is 5.69. The molecule has 0 amide bonds. The van der Waals surface area contributed by atoms with E-state index in [0.29, 0.717) is 0 Å². The van der Waals surface area contributed by atoms with Crippen molar-refractivity contribution in [3.05, 3.63) is 0 Å². The molecule has 0 radical (unpaired) electrons. The first-order valence-electron chi connectivity index (χ1n) is 3.80. The van der Waals surface area contributed by atoms with Crippen LogP contribution < -0.4 is 5.84 Å². The van der Waals surface area contributed by atoms with Crippen molar-refractivity contribution in [2.24, 2.45) is 17.7 Å². The van der Waals surface area contributed by atoms with Crippen LogP contribution >= 0.6 is 0 Å². The van der Waals surface area contributed by atoms with Gasteiger partial charge in [-0.25, -0.2) is 0 Å². The lowest BCUT2D eigenvalue weighted by molar-refractivity contribution is -0.911. The summed E-state index contributed by atoms with van der Waals surface area (Å²) in [5.74, 6) is 7.91. The van der Waals surface area contributed by atoms with Crippen molar-refractivity contribution in [2.75, 3.05) is 20.1 Å². The van der Waals surface area contributed by atoms with Gasteiger partial charge < -0.3 is 0 Å². The Balaban J connectivity index is 2.07. The summed E-state index contributed by atoms with van der Waals surface area (Å²) < 4.78 is 0.787. The third-order valence-electron chi connectivity index (χ3n) is 2.88. The van der Waals surface area contributed by atoms with Crippen LogP contribution in [0.4, 0.5) is 0 Å². The van der Waals surface area contributed by atoms with E-state index < -0.39 is 0 Å². The van der Waals surface area contributed by atoms with Gasteiger partial charge in [-0.2, -0.15) is 5.84 Å². The molecule has 2 fully saturated rings. The lowest BCUT2D eigenvalue weighted by Gasteiger charge is -2.24. The summed E-state index contributed by atoms with van der Waals surface area (Å²) in [7, 11) is 2.14. The van der Waals surface area contributed by atoms with Crippen molar-refractivity contribution in [1.82, 2.24) is 0 Å². The molecule has 0 spiro atoms. The number of quaternary nitrogens is 1. The van der Waals surface area contributed by atoms with Gasteiger partial charge in [0.15, 0.2) is 0 Å². The fourth-order valence-corrected chi connectivity index (χ4v) is 2.26. The Morgan fingerprint density at radius 3 is 1.89 bits per heavy atom. The molecule has 2 unspecified atom stereocenters. The average molecular weight is 127 g/mol. The number of rotatable bonds is 0. The van der Waals surface area contributed by atoms with E-state index in [4.69, 9.17) is 5.84 Å². The SMILES string of the molecule is C[N+]1(N)CC2CCC2C1. The third-order valence-corrected chi connectivity index (χ3v) is 2.88. The molecule has 2 heteroatoms. The molecule has 2 nitrogen and oxygen atoms in total. The van der Waals surface area contributed by atoms with Crippen molar-refractivity contribution >= 4 is 0 Å². The Kier molecular flexibility index (Phi) is 0.945. The van der Waals surface area contributed by atoms with Crippen LogP contribution in [0.25, 0.3) is 0 Å². The van der Waals surface area contributed by atoms with E-state index >= 15 is 0 Å². The molecule has 0 bridgehead atoms. The zero-order chi connectivity index (χ0) is 6.48. The highest BCUT2D eigenvalue weighted by Gasteiger charge is 2.46. The molecule has 2 aliphatic rings. The second-order valence-corrected chi connectivity index (χ2v) is 3.94. The summed E-state index contributed by atoms with van der Waals surface area (Å²) in [4.78, 5) is 0. The second-order valence-electron chi connectivity index (χ2n) is 3.94. The van der Waals surface area contributed by atoms with Gasteiger partial charge >= 0.3 is 0 Å². The van der Waals surface area contributed by atoms with Crippen LogP contribution in [0.2, 0.25) is 0 Å². The largest absolute Gasteiger partial charge is 0.250 e. The maximum atomic E-state index is 5.94. The monoisotopic (exact) mass is 127 g/mol. The summed E-state index contributed by atoms with van der Waals surface area (Å²) in [6.45, 7) is 2.45. The predicted molar refractivity (Wildman–Crippen MR) is 36.3 cm³/mol. The minimum atomic E-state index is 0.787. The molecule has 2 N–H and O–H groups in total. The summed E-state index contributed by atoms with van der Waals surface area (Å²) in [6, 6.07) is 0. The van der Waals surface area contributed by atoms with E-state index in [1.807, 2.05) is 0 Å². The number of hydrogen-bond acceptors (Lipinski definition) is 1. The molecule has 2 atom stereocenters. The lowest BCUT2D eigenvalue weighted by atomic mass is 9.77. The Bertz CT molecular complexity index is 117. The third kappa shape index (κ3) is 0.775. The summed E-state index contributed by atoms with van der Waals surface area (Å²) in [5.41, 5.74) is 0. The van der Waals surface area contributed by atoms with Crippen LogP contribution in [0.5, 0.6) is 0 Å². The number of fused-ring (bicyclic) bond motifs is 1. The number of likely N-dealkylation sites (tertiary alicyclic amines) is 1. The smallest absolute Gasteiger partial charge is 0.0991 e. The van der Waals surface area contributed by atoms with Crippen LogP contribution in [-0.4, -0.2) is 24.7 Å². The van der Waals surface area contributed by atoms with E-state index in [0.717, 1.165) is 16.4 Å². The van der Waals surface area contributed by atoms with Gasteiger partial charge in [0.2, 0.25) is 0 Å². The van der Waals surface area contributed by atoms with Crippen LogP contribution in [0.1, 0.15) is 12.8 Å². The van der Waals surface area contributed by atoms with Crippen LogP contribution in [-0.2, 0) is 0 Å². The molecule has 1 aliphatic heterocycles. The van der Waals surface area contributed by atoms with Gasteiger partial charge in [0.25, 0.3) is 0 Å². The minimum Gasteiger partial charge on any atom is -0.250 e. The molecule has 52 valence electrons. The molecule has 1 aliphatic carbocycles. The van der Waals surface area contributed by atoms with Gasteiger partial charge in [0.05, 0.1) is 20.1 Å². The number of nitrogens with zero attached hydrogens (tertiary/aromatic N) is 1. The van der Waals surface area contributed by atoms with Crippen molar-refractivity contribution in [3.8, 4) is 0 Å². The van der Waals surface area contributed by atoms with E-state index in [1.54, 1.807) is 0 Å². The minimum absolute atomic E-state index is 0.787. The molecule has 0 aromatic rings. The Morgan fingerprint density at radius 2 is 1.67 bits per heavy atom. The first-order chi connectivity index (χ1) is 4.17. The van der Waals surface area contributed by atoms with Crippen LogP contribution in [0, 0.1) is 11.8 Å². The van der Waals surface area contributed by atoms with Gasteiger partial charge in [-0.05, 0) is 12.8 Å². The van der Waals surface area contributed by atoms with Crippen molar-refractivity contribution in [3.63, 3.8) is 0 Å². The van der Waals surface area contributed by atoms with E-state index in [9.17, 15) is 0 Å². The highest BCUT2D eigenvalue weighted by Crippen LogP contribution is 2.41. The van der Waals surface area contributed by atoms with Gasteiger partial charge in [0, 0.05) is 11.8 Å². The highest BCUT2D eigenvalue weighted by atomic mass is 15.6.